The molecule has 39 heavy (non-hydrogen) atoms. The standard InChI is InChI=1S/C32H34ClN3O3/c1-3-4-16-36-28(31(33)35-32(36)25-8-6-5-7-9-25)20-27(26-14-15-29-30(19-26)39-18-17-38-29)34-21-23-10-12-24(13-11-23)22(2)37/h5-15,19,27,34H,3-4,16-18,20-21H2,1-2H3. The van der Waals surface area contributed by atoms with Crippen LogP contribution >= 0.6 is 11.6 Å². The lowest BCUT2D eigenvalue weighted by Crippen LogP contribution is -2.25. The number of nitrogens with zero attached hydrogens (tertiary/aromatic N) is 2. The summed E-state index contributed by atoms with van der Waals surface area (Å²) in [6.07, 6.45) is 2.75. The molecule has 1 aromatic heterocycles. The highest BCUT2D eigenvalue weighted by Gasteiger charge is 2.23. The average Bonchev–Trinajstić information content (AvgIpc) is 3.28. The molecule has 1 aliphatic heterocycles. The fourth-order valence-electron chi connectivity index (χ4n) is 4.89. The number of hydrogen-bond acceptors (Lipinski definition) is 5. The van der Waals surface area contributed by atoms with Gasteiger partial charge in [-0.1, -0.05) is 85.6 Å². The van der Waals surface area contributed by atoms with Gasteiger partial charge in [0.1, 0.15) is 19.0 Å². The molecule has 1 aliphatic rings. The third-order valence-corrected chi connectivity index (χ3v) is 7.37. The number of ketones is 1. The van der Waals surface area contributed by atoms with Crippen LogP contribution in [0.4, 0.5) is 0 Å². The Labute approximate surface area is 234 Å². The van der Waals surface area contributed by atoms with Crippen LogP contribution in [0.1, 0.15) is 59.9 Å². The highest BCUT2D eigenvalue weighted by atomic mass is 35.5. The smallest absolute Gasteiger partial charge is 0.161 e. The van der Waals surface area contributed by atoms with Gasteiger partial charge in [0.05, 0.1) is 5.69 Å². The molecule has 0 spiro atoms. The van der Waals surface area contributed by atoms with Crippen molar-refractivity contribution in [1.29, 1.82) is 0 Å². The van der Waals surface area contributed by atoms with E-state index in [2.05, 4.69) is 41.1 Å². The molecule has 4 aromatic rings. The van der Waals surface area contributed by atoms with Gasteiger partial charge < -0.3 is 19.4 Å². The second kappa shape index (κ2) is 12.5. The number of aromatic nitrogens is 2. The minimum Gasteiger partial charge on any atom is -0.486 e. The summed E-state index contributed by atoms with van der Waals surface area (Å²) in [6.45, 7) is 6.34. The van der Waals surface area contributed by atoms with E-state index < -0.39 is 0 Å². The molecular formula is C32H34ClN3O3. The maximum Gasteiger partial charge on any atom is 0.161 e. The topological polar surface area (TPSA) is 65.4 Å². The van der Waals surface area contributed by atoms with E-state index in [1.54, 1.807) is 6.92 Å². The summed E-state index contributed by atoms with van der Waals surface area (Å²) in [4.78, 5) is 16.5. The number of hydrogen-bond donors (Lipinski definition) is 1. The number of ether oxygens (including phenoxy) is 2. The van der Waals surface area contributed by atoms with Crippen molar-refractivity contribution in [3.63, 3.8) is 0 Å². The maximum absolute atomic E-state index is 11.7. The molecule has 0 saturated heterocycles. The van der Waals surface area contributed by atoms with Gasteiger partial charge in [0, 0.05) is 36.7 Å². The van der Waals surface area contributed by atoms with Gasteiger partial charge in [0.15, 0.2) is 22.4 Å². The van der Waals surface area contributed by atoms with E-state index in [0.29, 0.717) is 36.9 Å². The number of rotatable bonds is 11. The van der Waals surface area contributed by atoms with Crippen LogP contribution in [0.15, 0.2) is 72.8 Å². The zero-order valence-electron chi connectivity index (χ0n) is 22.5. The van der Waals surface area contributed by atoms with Gasteiger partial charge in [-0.25, -0.2) is 4.98 Å². The van der Waals surface area contributed by atoms with Crippen LogP contribution in [0.3, 0.4) is 0 Å². The third-order valence-electron chi connectivity index (χ3n) is 7.07. The van der Waals surface area contributed by atoms with Crippen LogP contribution < -0.4 is 14.8 Å². The van der Waals surface area contributed by atoms with Crippen molar-refractivity contribution < 1.29 is 14.3 Å². The molecular weight excluding hydrogens is 510 g/mol. The number of unbranched alkanes of at least 4 members (excludes halogenated alkanes) is 1. The summed E-state index contributed by atoms with van der Waals surface area (Å²) >= 11 is 6.85. The van der Waals surface area contributed by atoms with E-state index in [-0.39, 0.29) is 11.8 Å². The summed E-state index contributed by atoms with van der Waals surface area (Å²) < 4.78 is 13.9. The van der Waals surface area contributed by atoms with Crippen LogP contribution in [-0.4, -0.2) is 28.5 Å². The van der Waals surface area contributed by atoms with E-state index in [1.165, 1.54) is 0 Å². The molecule has 0 amide bonds. The van der Waals surface area contributed by atoms with Gasteiger partial charge in [0.2, 0.25) is 0 Å². The van der Waals surface area contributed by atoms with Crippen molar-refractivity contribution in [2.75, 3.05) is 13.2 Å². The van der Waals surface area contributed by atoms with Crippen molar-refractivity contribution in [2.45, 2.75) is 52.2 Å². The number of nitrogens with one attached hydrogen (secondary N) is 1. The highest BCUT2D eigenvalue weighted by molar-refractivity contribution is 6.30. The van der Waals surface area contributed by atoms with Gasteiger partial charge in [0.25, 0.3) is 0 Å². The monoisotopic (exact) mass is 543 g/mol. The first-order valence-corrected chi connectivity index (χ1v) is 13.9. The Balaban J connectivity index is 1.48. The molecule has 1 atom stereocenters. The van der Waals surface area contributed by atoms with E-state index in [0.717, 1.165) is 59.1 Å². The third kappa shape index (κ3) is 6.35. The first-order valence-electron chi connectivity index (χ1n) is 13.6. The lowest BCUT2D eigenvalue weighted by molar-refractivity contribution is 0.101. The highest BCUT2D eigenvalue weighted by Crippen LogP contribution is 2.35. The molecule has 0 saturated carbocycles. The lowest BCUT2D eigenvalue weighted by Gasteiger charge is -2.24. The number of Topliss-reactive ketones (excluding diaryl/α,β-unsaturated/α-hetero) is 1. The molecule has 2 heterocycles. The number of carbonyl (C=O) groups is 1. The largest absolute Gasteiger partial charge is 0.486 e. The van der Waals surface area contributed by atoms with Crippen molar-refractivity contribution in [2.24, 2.45) is 0 Å². The zero-order valence-corrected chi connectivity index (χ0v) is 23.2. The number of carbonyl (C=O) groups excluding carboxylic acids is 1. The van der Waals surface area contributed by atoms with Gasteiger partial charge in [-0.3, -0.25) is 4.79 Å². The molecule has 1 N–H and O–H groups in total. The van der Waals surface area contributed by atoms with E-state index in [1.807, 2.05) is 48.5 Å². The van der Waals surface area contributed by atoms with Crippen LogP contribution in [0, 0.1) is 0 Å². The Morgan fingerprint density at radius 3 is 2.49 bits per heavy atom. The SMILES string of the molecule is CCCCn1c(-c2ccccc2)nc(Cl)c1CC(NCc1ccc(C(C)=O)cc1)c1ccc2c(c1)OCCO2. The van der Waals surface area contributed by atoms with Crippen molar-refractivity contribution in [1.82, 2.24) is 14.9 Å². The molecule has 6 nitrogen and oxygen atoms in total. The summed E-state index contributed by atoms with van der Waals surface area (Å²) in [5.74, 6) is 2.48. The van der Waals surface area contributed by atoms with Crippen LogP contribution in [0.25, 0.3) is 11.4 Å². The molecule has 3 aromatic carbocycles. The predicted octanol–water partition coefficient (Wildman–Crippen LogP) is 7.05. The van der Waals surface area contributed by atoms with Gasteiger partial charge in [-0.05, 0) is 36.6 Å². The Morgan fingerprint density at radius 2 is 1.77 bits per heavy atom. The van der Waals surface area contributed by atoms with E-state index in [4.69, 9.17) is 26.1 Å². The summed E-state index contributed by atoms with van der Waals surface area (Å²) in [7, 11) is 0. The second-order valence-corrected chi connectivity index (χ2v) is 10.2. The minimum atomic E-state index is -0.0634. The molecule has 1 unspecified atom stereocenters. The fraction of sp³-hybridized carbons (Fsp3) is 0.312. The minimum absolute atomic E-state index is 0.0628. The number of halogens is 1. The maximum atomic E-state index is 11.7. The molecule has 202 valence electrons. The second-order valence-electron chi connectivity index (χ2n) is 9.84. The predicted molar refractivity (Wildman–Crippen MR) is 155 cm³/mol. The van der Waals surface area contributed by atoms with Crippen LogP contribution in [0.2, 0.25) is 5.15 Å². The number of imidazole rings is 1. The summed E-state index contributed by atoms with van der Waals surface area (Å²) in [5.41, 5.74) is 4.94. The van der Waals surface area contributed by atoms with Crippen molar-refractivity contribution in [3.05, 3.63) is 100 Å². The van der Waals surface area contributed by atoms with Crippen molar-refractivity contribution >= 4 is 17.4 Å². The van der Waals surface area contributed by atoms with Crippen LogP contribution in [-0.2, 0) is 19.5 Å². The zero-order chi connectivity index (χ0) is 27.2. The normalized spacial score (nSPS) is 13.3. The molecule has 0 aliphatic carbocycles. The molecule has 5 rings (SSSR count). The van der Waals surface area contributed by atoms with Gasteiger partial charge >= 0.3 is 0 Å². The van der Waals surface area contributed by atoms with Crippen molar-refractivity contribution in [3.8, 4) is 22.9 Å². The summed E-state index contributed by atoms with van der Waals surface area (Å²) in [6, 6.07) is 24.0. The number of benzene rings is 3. The quantitative estimate of drug-likeness (QED) is 0.205. The molecule has 7 heteroatoms. The Bertz CT molecular complexity index is 1420. The first kappa shape index (κ1) is 27.0. The Morgan fingerprint density at radius 1 is 1.03 bits per heavy atom. The summed E-state index contributed by atoms with van der Waals surface area (Å²) in [5, 5.41) is 4.26. The lowest BCUT2D eigenvalue weighted by atomic mass is 10.00. The first-order chi connectivity index (χ1) is 19.0. The molecule has 0 bridgehead atoms. The van der Waals surface area contributed by atoms with Crippen LogP contribution in [0.5, 0.6) is 11.5 Å². The molecule has 0 radical (unpaired) electrons. The number of fused-ring (bicyclic) bond motifs is 1. The average molecular weight is 544 g/mol. The fourth-order valence-corrected chi connectivity index (χ4v) is 5.15. The van der Waals surface area contributed by atoms with Gasteiger partial charge in [-0.2, -0.15) is 0 Å². The Hall–Kier alpha value is -3.61. The van der Waals surface area contributed by atoms with Gasteiger partial charge in [-0.15, -0.1) is 0 Å². The van der Waals surface area contributed by atoms with E-state index >= 15 is 0 Å². The Kier molecular flexibility index (Phi) is 8.64. The molecule has 0 fully saturated rings. The van der Waals surface area contributed by atoms with E-state index in [9.17, 15) is 4.79 Å².